The largest absolute Gasteiger partial charge is 0.420 e. The van der Waals surface area contributed by atoms with Crippen LogP contribution in [0.3, 0.4) is 0 Å². The summed E-state index contributed by atoms with van der Waals surface area (Å²) in [5.74, 6) is 0.0120. The summed E-state index contributed by atoms with van der Waals surface area (Å²) in [6.07, 6.45) is -2.74. The van der Waals surface area contributed by atoms with Gasteiger partial charge in [0.2, 0.25) is 5.95 Å². The fourth-order valence-electron chi connectivity index (χ4n) is 2.91. The third-order valence-corrected chi connectivity index (χ3v) is 6.88. The van der Waals surface area contributed by atoms with Crippen LogP contribution in [0.25, 0.3) is 10.7 Å². The molecule has 0 bridgehead atoms. The maximum atomic E-state index is 13.5. The highest BCUT2D eigenvalue weighted by Gasteiger charge is 2.39. The molecule has 1 aliphatic rings. The molecular weight excluding hydrogens is 449 g/mol. The molecule has 0 aromatic carbocycles. The molecule has 2 aromatic heterocycles. The van der Waals surface area contributed by atoms with E-state index < -0.39 is 29.5 Å². The summed E-state index contributed by atoms with van der Waals surface area (Å²) >= 11 is 2.17. The van der Waals surface area contributed by atoms with E-state index in [0.717, 1.165) is 39.1 Å². The van der Waals surface area contributed by atoms with E-state index >= 15 is 0 Å². The lowest BCUT2D eigenvalue weighted by atomic mass is 10.1. The Kier molecular flexibility index (Phi) is 6.84. The van der Waals surface area contributed by atoms with Crippen molar-refractivity contribution >= 4 is 29.2 Å². The van der Waals surface area contributed by atoms with E-state index in [1.165, 1.54) is 0 Å². The number of thiazole rings is 1. The van der Waals surface area contributed by atoms with Crippen molar-refractivity contribution in [2.75, 3.05) is 24.7 Å². The van der Waals surface area contributed by atoms with Gasteiger partial charge in [0, 0.05) is 31.5 Å². The Labute approximate surface area is 178 Å². The summed E-state index contributed by atoms with van der Waals surface area (Å²) in [6.45, 7) is 2.53. The number of aliphatic hydroxyl groups is 1. The highest BCUT2D eigenvalue weighted by Crippen LogP contribution is 2.40. The van der Waals surface area contributed by atoms with Gasteiger partial charge < -0.3 is 10.4 Å². The minimum absolute atomic E-state index is 0.00408. The Morgan fingerprint density at radius 2 is 1.90 bits per heavy atom. The minimum Gasteiger partial charge on any atom is -0.379 e. The highest BCUT2D eigenvalue weighted by atomic mass is 32.2. The number of hydrogen-bond acceptors (Lipinski definition) is 8. The Morgan fingerprint density at radius 1 is 1.23 bits per heavy atom. The lowest BCUT2D eigenvalue weighted by molar-refractivity contribution is -0.137. The number of nitrogens with zero attached hydrogens (tertiary/aromatic N) is 4. The zero-order valence-corrected chi connectivity index (χ0v) is 17.7. The first-order valence-corrected chi connectivity index (χ1v) is 11.0. The Bertz CT molecular complexity index is 868. The van der Waals surface area contributed by atoms with Gasteiger partial charge >= 0.3 is 6.18 Å². The molecule has 1 fully saturated rings. The molecule has 3 rings (SSSR count). The SMILES string of the molecule is CSN1CCC(Nc2ncc(C(F)(F)F)c(-c3ncc(C(C)(O)C(F)F)s3)n2)CC1. The van der Waals surface area contributed by atoms with Crippen molar-refractivity contribution in [1.82, 2.24) is 19.3 Å². The molecule has 1 aliphatic heterocycles. The lowest BCUT2D eigenvalue weighted by Crippen LogP contribution is -2.35. The van der Waals surface area contributed by atoms with Gasteiger partial charge in [0.25, 0.3) is 6.43 Å². The first-order chi connectivity index (χ1) is 14.0. The van der Waals surface area contributed by atoms with E-state index in [0.29, 0.717) is 17.5 Å². The summed E-state index contributed by atoms with van der Waals surface area (Å²) < 4.78 is 68.7. The number of anilines is 1. The summed E-state index contributed by atoms with van der Waals surface area (Å²) in [4.78, 5) is 11.4. The van der Waals surface area contributed by atoms with Crippen molar-refractivity contribution < 1.29 is 27.1 Å². The molecule has 0 radical (unpaired) electrons. The van der Waals surface area contributed by atoms with Crippen LogP contribution in [0.5, 0.6) is 0 Å². The number of halogens is 5. The second-order valence-corrected chi connectivity index (χ2v) is 8.87. The smallest absolute Gasteiger partial charge is 0.379 e. The van der Waals surface area contributed by atoms with Crippen LogP contribution in [0.2, 0.25) is 0 Å². The van der Waals surface area contributed by atoms with Crippen molar-refractivity contribution in [2.45, 2.75) is 44.0 Å². The summed E-state index contributed by atoms with van der Waals surface area (Å²) in [5.41, 5.74) is -4.15. The van der Waals surface area contributed by atoms with Gasteiger partial charge in [0.15, 0.2) is 5.60 Å². The normalized spacial score (nSPS) is 18.6. The number of alkyl halides is 5. The Hall–Kier alpha value is -1.57. The molecule has 13 heteroatoms. The zero-order valence-electron chi connectivity index (χ0n) is 16.1. The van der Waals surface area contributed by atoms with Gasteiger partial charge in [-0.15, -0.1) is 11.3 Å². The van der Waals surface area contributed by atoms with Gasteiger partial charge in [-0.25, -0.2) is 23.7 Å². The van der Waals surface area contributed by atoms with Gasteiger partial charge in [0.1, 0.15) is 16.3 Å². The van der Waals surface area contributed by atoms with E-state index in [1.807, 2.05) is 6.26 Å². The standard InChI is InChI=1S/C17H20F5N5OS2/c1-16(28,14(18)19)11-8-23-13(30-11)12-10(17(20,21)22)7-24-15(26-12)25-9-3-5-27(29-2)6-4-9/h7-9,14,28H,3-6H2,1-2H3,(H,24,25,26). The number of rotatable bonds is 6. The average Bonchev–Trinajstić information content (AvgIpc) is 3.18. The number of hydrogen-bond donors (Lipinski definition) is 2. The van der Waals surface area contributed by atoms with Gasteiger partial charge in [-0.2, -0.15) is 13.2 Å². The predicted molar refractivity (Wildman–Crippen MR) is 105 cm³/mol. The number of piperidine rings is 1. The van der Waals surface area contributed by atoms with Gasteiger partial charge in [-0.05, 0) is 26.0 Å². The van der Waals surface area contributed by atoms with Crippen LogP contribution in [-0.2, 0) is 11.8 Å². The van der Waals surface area contributed by atoms with Crippen LogP contribution in [0.4, 0.5) is 27.9 Å². The third kappa shape index (κ3) is 5.01. The van der Waals surface area contributed by atoms with Crippen LogP contribution in [-0.4, -0.2) is 56.2 Å². The summed E-state index contributed by atoms with van der Waals surface area (Å²) in [7, 11) is 0. The van der Waals surface area contributed by atoms with E-state index in [-0.39, 0.29) is 21.9 Å². The maximum Gasteiger partial charge on any atom is 0.420 e. The van der Waals surface area contributed by atoms with Crippen LogP contribution >= 0.6 is 23.3 Å². The molecule has 0 amide bonds. The molecule has 1 atom stereocenters. The number of aromatic nitrogens is 3. The van der Waals surface area contributed by atoms with Crippen molar-refractivity contribution in [1.29, 1.82) is 0 Å². The average molecular weight is 470 g/mol. The second-order valence-electron chi connectivity index (χ2n) is 6.96. The minimum atomic E-state index is -4.76. The first-order valence-electron chi connectivity index (χ1n) is 8.99. The third-order valence-electron chi connectivity index (χ3n) is 4.77. The maximum absolute atomic E-state index is 13.5. The molecule has 2 N–H and O–H groups in total. The molecule has 1 unspecified atom stereocenters. The van der Waals surface area contributed by atoms with E-state index in [9.17, 15) is 27.1 Å². The van der Waals surface area contributed by atoms with Crippen molar-refractivity contribution in [3.63, 3.8) is 0 Å². The molecular formula is C17H20F5N5OS2. The van der Waals surface area contributed by atoms with Crippen molar-refractivity contribution in [2.24, 2.45) is 0 Å². The van der Waals surface area contributed by atoms with Crippen LogP contribution in [0, 0.1) is 0 Å². The van der Waals surface area contributed by atoms with Gasteiger partial charge in [-0.1, -0.05) is 11.9 Å². The predicted octanol–water partition coefficient (Wildman–Crippen LogP) is 4.25. The molecule has 0 spiro atoms. The molecule has 166 valence electrons. The fraction of sp³-hybridized carbons (Fsp3) is 0.588. The second kappa shape index (κ2) is 8.89. The van der Waals surface area contributed by atoms with E-state index in [4.69, 9.17) is 0 Å². The topological polar surface area (TPSA) is 74.2 Å². The summed E-state index contributed by atoms with van der Waals surface area (Å²) in [5, 5.41) is 12.7. The Morgan fingerprint density at radius 3 is 2.47 bits per heavy atom. The quantitative estimate of drug-likeness (QED) is 0.484. The first kappa shape index (κ1) is 23.1. The van der Waals surface area contributed by atoms with Gasteiger partial charge in [-0.3, -0.25) is 4.31 Å². The molecule has 2 aromatic rings. The fourth-order valence-corrected chi connectivity index (χ4v) is 4.46. The molecule has 0 saturated carbocycles. The number of nitrogens with one attached hydrogen (secondary N) is 1. The van der Waals surface area contributed by atoms with Crippen molar-refractivity contribution in [3.8, 4) is 10.7 Å². The summed E-state index contributed by atoms with van der Waals surface area (Å²) in [6, 6.07) is 0.00408. The van der Waals surface area contributed by atoms with Crippen LogP contribution in [0.1, 0.15) is 30.2 Å². The molecule has 0 aliphatic carbocycles. The molecule has 1 saturated heterocycles. The molecule has 3 heterocycles. The van der Waals surface area contributed by atoms with Crippen LogP contribution < -0.4 is 5.32 Å². The molecule has 6 nitrogen and oxygen atoms in total. The van der Waals surface area contributed by atoms with Crippen LogP contribution in [0.15, 0.2) is 12.4 Å². The Balaban J connectivity index is 1.91. The van der Waals surface area contributed by atoms with Gasteiger partial charge in [0.05, 0.1) is 4.88 Å². The zero-order chi connectivity index (χ0) is 22.1. The van der Waals surface area contributed by atoms with Crippen molar-refractivity contribution in [3.05, 3.63) is 22.8 Å². The highest BCUT2D eigenvalue weighted by molar-refractivity contribution is 7.96. The molecule has 30 heavy (non-hydrogen) atoms. The van der Waals surface area contributed by atoms with E-state index in [2.05, 4.69) is 24.6 Å². The lowest BCUT2D eigenvalue weighted by Gasteiger charge is -2.30. The van der Waals surface area contributed by atoms with E-state index in [1.54, 1.807) is 11.9 Å². The monoisotopic (exact) mass is 469 g/mol.